The van der Waals surface area contributed by atoms with Crippen molar-refractivity contribution in [3.05, 3.63) is 69.5 Å². The highest BCUT2D eigenvalue weighted by Crippen LogP contribution is 2.22. The molecule has 0 aliphatic heterocycles. The average Bonchev–Trinajstić information content (AvgIpc) is 2.46. The van der Waals surface area contributed by atoms with E-state index in [0.29, 0.717) is 17.9 Å². The Morgan fingerprint density at radius 2 is 1.76 bits per heavy atom. The van der Waals surface area contributed by atoms with Gasteiger partial charge in [-0.15, -0.1) is 0 Å². The fourth-order valence-electron chi connectivity index (χ4n) is 2.48. The molecule has 1 atom stereocenters. The van der Waals surface area contributed by atoms with Crippen LogP contribution in [0, 0.1) is 11.7 Å². The van der Waals surface area contributed by atoms with Gasteiger partial charge in [-0.1, -0.05) is 47.5 Å². The third-order valence-electron chi connectivity index (χ3n) is 3.47. The molecule has 1 nitrogen and oxygen atoms in total. The summed E-state index contributed by atoms with van der Waals surface area (Å²) < 4.78 is 14.0. The minimum Gasteiger partial charge on any atom is -0.319 e. The monoisotopic (exact) mass is 325 g/mol. The molecular weight excluding hydrogens is 308 g/mol. The van der Waals surface area contributed by atoms with E-state index in [4.69, 9.17) is 23.2 Å². The van der Waals surface area contributed by atoms with Gasteiger partial charge in [0, 0.05) is 5.02 Å². The lowest BCUT2D eigenvalue weighted by molar-refractivity contribution is 0.480. The van der Waals surface area contributed by atoms with Crippen LogP contribution in [0.4, 0.5) is 4.39 Å². The van der Waals surface area contributed by atoms with Crippen molar-refractivity contribution in [2.75, 3.05) is 13.6 Å². The molecule has 0 radical (unpaired) electrons. The highest BCUT2D eigenvalue weighted by atomic mass is 35.5. The molecule has 1 N–H and O–H groups in total. The van der Waals surface area contributed by atoms with Gasteiger partial charge in [0.2, 0.25) is 0 Å². The van der Waals surface area contributed by atoms with Gasteiger partial charge >= 0.3 is 0 Å². The summed E-state index contributed by atoms with van der Waals surface area (Å²) in [5.41, 5.74) is 1.86. The first-order chi connectivity index (χ1) is 10.1. The average molecular weight is 326 g/mol. The van der Waals surface area contributed by atoms with E-state index in [-0.39, 0.29) is 10.8 Å². The molecule has 0 aliphatic rings. The van der Waals surface area contributed by atoms with E-state index in [1.807, 2.05) is 31.3 Å². The second kappa shape index (κ2) is 7.79. The van der Waals surface area contributed by atoms with Crippen molar-refractivity contribution < 1.29 is 4.39 Å². The molecule has 0 aromatic heterocycles. The summed E-state index contributed by atoms with van der Waals surface area (Å²) in [4.78, 5) is 0. The number of hydrogen-bond donors (Lipinski definition) is 1. The Hall–Kier alpha value is -1.09. The second-order valence-corrected chi connectivity index (χ2v) is 6.01. The third kappa shape index (κ3) is 4.70. The van der Waals surface area contributed by atoms with Gasteiger partial charge < -0.3 is 5.32 Å². The summed E-state index contributed by atoms with van der Waals surface area (Å²) in [6.07, 6.45) is 1.51. The van der Waals surface area contributed by atoms with Gasteiger partial charge in [0.25, 0.3) is 0 Å². The smallest absolute Gasteiger partial charge is 0.144 e. The van der Waals surface area contributed by atoms with E-state index in [1.54, 1.807) is 18.2 Å². The molecule has 2 aromatic rings. The largest absolute Gasteiger partial charge is 0.319 e. The lowest BCUT2D eigenvalue weighted by Gasteiger charge is -2.17. The molecule has 0 saturated carbocycles. The van der Waals surface area contributed by atoms with Crippen LogP contribution >= 0.6 is 23.2 Å². The van der Waals surface area contributed by atoms with E-state index in [9.17, 15) is 4.39 Å². The van der Waals surface area contributed by atoms with Crippen LogP contribution in [0.15, 0.2) is 42.5 Å². The number of halogens is 3. The fourth-order valence-corrected chi connectivity index (χ4v) is 2.80. The van der Waals surface area contributed by atoms with Crippen molar-refractivity contribution in [3.63, 3.8) is 0 Å². The molecule has 4 heteroatoms. The third-order valence-corrected chi connectivity index (χ3v) is 4.01. The van der Waals surface area contributed by atoms with Crippen LogP contribution in [-0.2, 0) is 12.8 Å². The van der Waals surface area contributed by atoms with Crippen molar-refractivity contribution >= 4 is 23.2 Å². The summed E-state index contributed by atoms with van der Waals surface area (Å²) in [6.45, 7) is 0.814. The first-order valence-corrected chi connectivity index (χ1v) is 7.67. The van der Waals surface area contributed by atoms with E-state index in [1.165, 1.54) is 5.56 Å². The topological polar surface area (TPSA) is 12.0 Å². The number of benzene rings is 2. The standard InChI is InChI=1S/C17H18Cl2FN/c1-21-11-13(9-12-5-7-15(18)8-6-12)10-14-3-2-4-16(19)17(14)20/h2-8,13,21H,9-11H2,1H3. The van der Waals surface area contributed by atoms with E-state index < -0.39 is 0 Å². The maximum Gasteiger partial charge on any atom is 0.144 e. The zero-order chi connectivity index (χ0) is 15.2. The van der Waals surface area contributed by atoms with Crippen molar-refractivity contribution in [2.45, 2.75) is 12.8 Å². The van der Waals surface area contributed by atoms with Crippen LogP contribution in [0.3, 0.4) is 0 Å². The predicted octanol–water partition coefficient (Wildman–Crippen LogP) is 4.75. The molecular formula is C17H18Cl2FN. The van der Waals surface area contributed by atoms with Crippen LogP contribution in [0.5, 0.6) is 0 Å². The van der Waals surface area contributed by atoms with Crippen molar-refractivity contribution in [1.82, 2.24) is 5.32 Å². The maximum absolute atomic E-state index is 14.0. The minimum atomic E-state index is -0.309. The normalized spacial score (nSPS) is 12.4. The van der Waals surface area contributed by atoms with E-state index >= 15 is 0 Å². The number of rotatable bonds is 6. The van der Waals surface area contributed by atoms with E-state index in [0.717, 1.165) is 18.0 Å². The van der Waals surface area contributed by atoms with Crippen LogP contribution < -0.4 is 5.32 Å². The number of hydrogen-bond acceptors (Lipinski definition) is 1. The summed E-state index contributed by atoms with van der Waals surface area (Å²) in [6, 6.07) is 13.0. The van der Waals surface area contributed by atoms with Gasteiger partial charge in [0.15, 0.2) is 0 Å². The second-order valence-electron chi connectivity index (χ2n) is 5.17. The minimum absolute atomic E-state index is 0.183. The molecule has 0 aliphatic carbocycles. The van der Waals surface area contributed by atoms with Gasteiger partial charge in [-0.2, -0.15) is 0 Å². The lowest BCUT2D eigenvalue weighted by atomic mass is 9.92. The summed E-state index contributed by atoms with van der Waals surface area (Å²) in [5, 5.41) is 4.08. The molecule has 112 valence electrons. The van der Waals surface area contributed by atoms with Crippen molar-refractivity contribution in [2.24, 2.45) is 5.92 Å². The highest BCUT2D eigenvalue weighted by molar-refractivity contribution is 6.31. The van der Waals surface area contributed by atoms with Gasteiger partial charge in [0.05, 0.1) is 5.02 Å². The fraction of sp³-hybridized carbons (Fsp3) is 0.294. The van der Waals surface area contributed by atoms with Gasteiger partial charge in [0.1, 0.15) is 5.82 Å². The van der Waals surface area contributed by atoms with Gasteiger partial charge in [-0.25, -0.2) is 4.39 Å². The molecule has 0 spiro atoms. The summed E-state index contributed by atoms with van der Waals surface area (Å²) >= 11 is 11.7. The van der Waals surface area contributed by atoms with Gasteiger partial charge in [-0.05, 0) is 61.7 Å². The summed E-state index contributed by atoms with van der Waals surface area (Å²) in [5.74, 6) is -0.0134. The molecule has 0 saturated heterocycles. The van der Waals surface area contributed by atoms with Crippen LogP contribution in [-0.4, -0.2) is 13.6 Å². The Morgan fingerprint density at radius 1 is 1.05 bits per heavy atom. The first kappa shape index (κ1) is 16.3. The Labute approximate surface area is 135 Å². The van der Waals surface area contributed by atoms with Crippen LogP contribution in [0.2, 0.25) is 10.0 Å². The highest BCUT2D eigenvalue weighted by Gasteiger charge is 2.14. The zero-order valence-electron chi connectivity index (χ0n) is 11.9. The molecule has 2 aromatic carbocycles. The lowest BCUT2D eigenvalue weighted by Crippen LogP contribution is -2.23. The Morgan fingerprint density at radius 3 is 2.43 bits per heavy atom. The van der Waals surface area contributed by atoms with Crippen LogP contribution in [0.1, 0.15) is 11.1 Å². The molecule has 21 heavy (non-hydrogen) atoms. The Kier molecular flexibility index (Phi) is 6.04. The first-order valence-electron chi connectivity index (χ1n) is 6.92. The molecule has 0 heterocycles. The van der Waals surface area contributed by atoms with E-state index in [2.05, 4.69) is 5.32 Å². The molecule has 2 rings (SSSR count). The predicted molar refractivity (Wildman–Crippen MR) is 87.7 cm³/mol. The van der Waals surface area contributed by atoms with Crippen molar-refractivity contribution in [3.8, 4) is 0 Å². The summed E-state index contributed by atoms with van der Waals surface area (Å²) in [7, 11) is 1.91. The van der Waals surface area contributed by atoms with Gasteiger partial charge in [-0.3, -0.25) is 0 Å². The Balaban J connectivity index is 2.11. The molecule has 1 unspecified atom stereocenters. The Bertz CT molecular complexity index is 584. The SMILES string of the molecule is CNCC(Cc1ccc(Cl)cc1)Cc1cccc(Cl)c1F. The maximum atomic E-state index is 14.0. The zero-order valence-corrected chi connectivity index (χ0v) is 13.4. The molecule has 0 bridgehead atoms. The molecule has 0 fully saturated rings. The van der Waals surface area contributed by atoms with Crippen LogP contribution in [0.25, 0.3) is 0 Å². The molecule has 0 amide bonds. The quantitative estimate of drug-likeness (QED) is 0.807. The number of nitrogens with one attached hydrogen (secondary N) is 1. The van der Waals surface area contributed by atoms with Crippen molar-refractivity contribution in [1.29, 1.82) is 0 Å².